The lowest BCUT2D eigenvalue weighted by Crippen LogP contribution is -2.45. The van der Waals surface area contributed by atoms with Gasteiger partial charge in [-0.15, -0.1) is 0 Å². The summed E-state index contributed by atoms with van der Waals surface area (Å²) < 4.78 is 11.0. The Balaban J connectivity index is 1.76. The van der Waals surface area contributed by atoms with Crippen LogP contribution in [-0.4, -0.2) is 38.6 Å². The number of benzene rings is 2. The van der Waals surface area contributed by atoms with E-state index in [2.05, 4.69) is 30.4 Å². The van der Waals surface area contributed by atoms with Crippen molar-refractivity contribution in [1.82, 2.24) is 5.32 Å². The van der Waals surface area contributed by atoms with E-state index in [-0.39, 0.29) is 23.5 Å². The SMILES string of the molecule is COc1ccc(C(C)=O)cc1CC(=O)NCC1(c2ccccc2C)CCOCC1. The molecule has 3 rings (SSSR count). The first-order valence-electron chi connectivity index (χ1n) is 10.0. The predicted octanol–water partition coefficient (Wildman–Crippen LogP) is 3.61. The molecule has 0 unspecified atom stereocenters. The van der Waals surface area contributed by atoms with Crippen molar-refractivity contribution in [3.8, 4) is 5.75 Å². The van der Waals surface area contributed by atoms with Crippen LogP contribution in [0.2, 0.25) is 0 Å². The van der Waals surface area contributed by atoms with E-state index in [1.807, 2.05) is 6.07 Å². The Labute approximate surface area is 172 Å². The summed E-state index contributed by atoms with van der Waals surface area (Å²) in [4.78, 5) is 24.5. The number of aryl methyl sites for hydroxylation is 1. The first-order chi connectivity index (χ1) is 13.9. The number of rotatable bonds is 7. The number of carbonyl (C=O) groups excluding carboxylic acids is 2. The molecule has 154 valence electrons. The number of hydrogen-bond acceptors (Lipinski definition) is 4. The molecule has 1 aliphatic heterocycles. The van der Waals surface area contributed by atoms with Crippen LogP contribution in [0.25, 0.3) is 0 Å². The van der Waals surface area contributed by atoms with Crippen LogP contribution >= 0.6 is 0 Å². The molecule has 1 fully saturated rings. The Kier molecular flexibility index (Phi) is 6.70. The molecular formula is C24H29NO4. The number of carbonyl (C=O) groups is 2. The van der Waals surface area contributed by atoms with E-state index in [1.165, 1.54) is 18.1 Å². The number of nitrogens with one attached hydrogen (secondary N) is 1. The average molecular weight is 395 g/mol. The highest BCUT2D eigenvalue weighted by molar-refractivity contribution is 5.94. The van der Waals surface area contributed by atoms with Gasteiger partial charge in [-0.3, -0.25) is 9.59 Å². The van der Waals surface area contributed by atoms with Crippen LogP contribution in [0.3, 0.4) is 0 Å². The van der Waals surface area contributed by atoms with Gasteiger partial charge in [0.25, 0.3) is 0 Å². The van der Waals surface area contributed by atoms with Crippen LogP contribution in [0.5, 0.6) is 5.75 Å². The highest BCUT2D eigenvalue weighted by Gasteiger charge is 2.35. The van der Waals surface area contributed by atoms with Gasteiger partial charge in [-0.2, -0.15) is 0 Å². The molecule has 1 saturated heterocycles. The lowest BCUT2D eigenvalue weighted by molar-refractivity contribution is -0.121. The monoisotopic (exact) mass is 395 g/mol. The molecule has 0 aliphatic carbocycles. The fraction of sp³-hybridized carbons (Fsp3) is 0.417. The molecule has 1 heterocycles. The maximum Gasteiger partial charge on any atom is 0.224 e. The Morgan fingerprint density at radius 2 is 1.86 bits per heavy atom. The number of methoxy groups -OCH3 is 1. The maximum absolute atomic E-state index is 12.8. The molecule has 1 aliphatic rings. The molecule has 2 aromatic rings. The zero-order valence-electron chi connectivity index (χ0n) is 17.4. The van der Waals surface area contributed by atoms with E-state index >= 15 is 0 Å². The van der Waals surface area contributed by atoms with Crippen LogP contribution in [0, 0.1) is 6.92 Å². The first kappa shape index (κ1) is 21.1. The third kappa shape index (κ3) is 4.85. The van der Waals surface area contributed by atoms with Crippen molar-refractivity contribution in [2.24, 2.45) is 0 Å². The lowest BCUT2D eigenvalue weighted by atomic mass is 9.72. The normalized spacial score (nSPS) is 15.6. The molecule has 0 bridgehead atoms. The van der Waals surface area contributed by atoms with Crippen molar-refractivity contribution in [2.75, 3.05) is 26.9 Å². The second kappa shape index (κ2) is 9.23. The van der Waals surface area contributed by atoms with Crippen molar-refractivity contribution < 1.29 is 19.1 Å². The number of Topliss-reactive ketones (excluding diaryl/α,β-unsaturated/α-hetero) is 1. The first-order valence-corrected chi connectivity index (χ1v) is 10.0. The predicted molar refractivity (Wildman–Crippen MR) is 113 cm³/mol. The number of hydrogen-bond donors (Lipinski definition) is 1. The highest BCUT2D eigenvalue weighted by atomic mass is 16.5. The quantitative estimate of drug-likeness (QED) is 0.728. The van der Waals surface area contributed by atoms with E-state index in [9.17, 15) is 9.59 Å². The van der Waals surface area contributed by atoms with Crippen molar-refractivity contribution in [3.05, 3.63) is 64.7 Å². The lowest BCUT2D eigenvalue weighted by Gasteiger charge is -2.39. The summed E-state index contributed by atoms with van der Waals surface area (Å²) in [5.41, 5.74) is 3.69. The van der Waals surface area contributed by atoms with Crippen LogP contribution < -0.4 is 10.1 Å². The molecule has 5 nitrogen and oxygen atoms in total. The topological polar surface area (TPSA) is 64.6 Å². The van der Waals surface area contributed by atoms with Gasteiger partial charge >= 0.3 is 0 Å². The Bertz CT molecular complexity index is 884. The highest BCUT2D eigenvalue weighted by Crippen LogP contribution is 2.36. The summed E-state index contributed by atoms with van der Waals surface area (Å²) in [6.45, 7) is 5.58. The van der Waals surface area contributed by atoms with E-state index in [0.717, 1.165) is 18.4 Å². The molecule has 29 heavy (non-hydrogen) atoms. The molecule has 1 N–H and O–H groups in total. The second-order valence-corrected chi connectivity index (χ2v) is 7.74. The molecule has 0 atom stereocenters. The van der Waals surface area contributed by atoms with E-state index in [1.54, 1.807) is 25.3 Å². The summed E-state index contributed by atoms with van der Waals surface area (Å²) >= 11 is 0. The van der Waals surface area contributed by atoms with Crippen LogP contribution in [0.1, 0.15) is 46.8 Å². The van der Waals surface area contributed by atoms with Gasteiger partial charge in [-0.25, -0.2) is 0 Å². The maximum atomic E-state index is 12.8. The van der Waals surface area contributed by atoms with Gasteiger partial charge in [0.15, 0.2) is 5.78 Å². The van der Waals surface area contributed by atoms with Gasteiger partial charge in [-0.1, -0.05) is 24.3 Å². The van der Waals surface area contributed by atoms with E-state index in [4.69, 9.17) is 9.47 Å². The minimum absolute atomic E-state index is 0.0324. The van der Waals surface area contributed by atoms with Gasteiger partial charge in [0, 0.05) is 36.3 Å². The van der Waals surface area contributed by atoms with Crippen LogP contribution in [0.4, 0.5) is 0 Å². The number of ketones is 1. The van der Waals surface area contributed by atoms with Gasteiger partial charge in [0.05, 0.1) is 13.5 Å². The largest absolute Gasteiger partial charge is 0.496 e. The Hall–Kier alpha value is -2.66. The molecule has 2 aromatic carbocycles. The van der Waals surface area contributed by atoms with Crippen molar-refractivity contribution >= 4 is 11.7 Å². The van der Waals surface area contributed by atoms with Gasteiger partial charge in [0.2, 0.25) is 5.91 Å². The molecule has 0 radical (unpaired) electrons. The van der Waals surface area contributed by atoms with Gasteiger partial charge < -0.3 is 14.8 Å². The number of amides is 1. The van der Waals surface area contributed by atoms with E-state index in [0.29, 0.717) is 31.1 Å². The summed E-state index contributed by atoms with van der Waals surface area (Å²) in [5, 5.41) is 3.13. The molecule has 5 heteroatoms. The minimum atomic E-state index is -0.120. The fourth-order valence-electron chi connectivity index (χ4n) is 4.11. The zero-order valence-corrected chi connectivity index (χ0v) is 17.4. The molecule has 0 spiro atoms. The Morgan fingerprint density at radius 3 is 2.52 bits per heavy atom. The molecule has 0 aromatic heterocycles. The minimum Gasteiger partial charge on any atom is -0.496 e. The molecule has 1 amide bonds. The van der Waals surface area contributed by atoms with Crippen molar-refractivity contribution in [3.63, 3.8) is 0 Å². The van der Waals surface area contributed by atoms with Crippen molar-refractivity contribution in [2.45, 2.75) is 38.5 Å². The molecule has 0 saturated carbocycles. The second-order valence-electron chi connectivity index (χ2n) is 7.74. The summed E-state index contributed by atoms with van der Waals surface area (Å²) in [7, 11) is 1.57. The summed E-state index contributed by atoms with van der Waals surface area (Å²) in [6.07, 6.45) is 1.92. The van der Waals surface area contributed by atoms with Gasteiger partial charge in [-0.05, 0) is 56.0 Å². The zero-order chi connectivity index (χ0) is 20.9. The average Bonchev–Trinajstić information content (AvgIpc) is 2.73. The van der Waals surface area contributed by atoms with E-state index < -0.39 is 0 Å². The third-order valence-corrected chi connectivity index (χ3v) is 5.83. The molecular weight excluding hydrogens is 366 g/mol. The smallest absolute Gasteiger partial charge is 0.224 e. The Morgan fingerprint density at radius 1 is 1.14 bits per heavy atom. The fourth-order valence-corrected chi connectivity index (χ4v) is 4.11. The number of ether oxygens (including phenoxy) is 2. The standard InChI is InChI=1S/C24H29NO4/c1-17-6-4-5-7-21(17)24(10-12-29-13-11-24)16-25-23(27)15-20-14-19(18(2)26)8-9-22(20)28-3/h4-9,14H,10-13,15-16H2,1-3H3,(H,25,27). The summed E-state index contributed by atoms with van der Waals surface area (Å²) in [6, 6.07) is 13.6. The third-order valence-electron chi connectivity index (χ3n) is 5.83. The van der Waals surface area contributed by atoms with Gasteiger partial charge in [0.1, 0.15) is 5.75 Å². The van der Waals surface area contributed by atoms with Crippen LogP contribution in [0.15, 0.2) is 42.5 Å². The summed E-state index contributed by atoms with van der Waals surface area (Å²) in [5.74, 6) is 0.503. The van der Waals surface area contributed by atoms with Crippen molar-refractivity contribution in [1.29, 1.82) is 0 Å². The van der Waals surface area contributed by atoms with Crippen LogP contribution in [-0.2, 0) is 21.4 Å².